The van der Waals surface area contributed by atoms with E-state index in [0.717, 1.165) is 11.1 Å². The van der Waals surface area contributed by atoms with Crippen LogP contribution in [0, 0.1) is 25.5 Å². The molecule has 0 bridgehead atoms. The second-order valence-electron chi connectivity index (χ2n) is 4.50. The average Bonchev–Trinajstić information content (AvgIpc) is 2.37. The monoisotopic (exact) mass is 344 g/mol. The minimum absolute atomic E-state index is 0.0925. The van der Waals surface area contributed by atoms with E-state index in [2.05, 4.69) is 15.9 Å². The van der Waals surface area contributed by atoms with Gasteiger partial charge in [-0.2, -0.15) is 0 Å². The molecule has 0 spiro atoms. The van der Waals surface area contributed by atoms with E-state index in [-0.39, 0.29) is 15.7 Å². The van der Waals surface area contributed by atoms with Gasteiger partial charge in [0, 0.05) is 0 Å². The first-order valence-electron chi connectivity index (χ1n) is 5.76. The van der Waals surface area contributed by atoms with E-state index in [9.17, 15) is 8.78 Å². The zero-order valence-electron chi connectivity index (χ0n) is 10.5. The number of rotatable bonds is 2. The second-order valence-corrected chi connectivity index (χ2v) is 5.83. The maximum absolute atomic E-state index is 13.6. The Morgan fingerprint density at radius 1 is 1.00 bits per heavy atom. The Morgan fingerprint density at radius 3 is 2.11 bits per heavy atom. The molecule has 2 rings (SSSR count). The van der Waals surface area contributed by atoms with Crippen LogP contribution in [0.25, 0.3) is 0 Å². The lowest BCUT2D eigenvalue weighted by molar-refractivity contribution is 0.608. The van der Waals surface area contributed by atoms with E-state index >= 15 is 0 Å². The molecule has 0 aliphatic heterocycles. The first-order valence-corrected chi connectivity index (χ1v) is 7.05. The number of aryl methyl sites for hydroxylation is 2. The van der Waals surface area contributed by atoms with Gasteiger partial charge in [-0.05, 0) is 48.2 Å². The van der Waals surface area contributed by atoms with Crippen LogP contribution in [0.5, 0.6) is 0 Å². The normalized spacial score (nSPS) is 12.5. The summed E-state index contributed by atoms with van der Waals surface area (Å²) in [5.74, 6) is -0.662. The standard InChI is InChI=1S/C15H12BrClF2/c1-8-5-11(6-9(2)15(8)19)14(16)10-3-4-12(17)13(18)7-10/h3-7,14H,1-2H3. The molecular formula is C15H12BrClF2. The molecule has 1 atom stereocenters. The van der Waals surface area contributed by atoms with Crippen molar-refractivity contribution in [1.82, 2.24) is 0 Å². The van der Waals surface area contributed by atoms with Crippen LogP contribution in [-0.2, 0) is 0 Å². The maximum Gasteiger partial charge on any atom is 0.142 e. The minimum atomic E-state index is -0.459. The molecule has 0 fully saturated rings. The summed E-state index contributed by atoms with van der Waals surface area (Å²) in [7, 11) is 0. The van der Waals surface area contributed by atoms with Crippen molar-refractivity contribution in [3.63, 3.8) is 0 Å². The van der Waals surface area contributed by atoms with Gasteiger partial charge in [-0.25, -0.2) is 8.78 Å². The van der Waals surface area contributed by atoms with Gasteiger partial charge in [-0.15, -0.1) is 0 Å². The van der Waals surface area contributed by atoms with E-state index in [1.807, 2.05) is 0 Å². The molecule has 0 aliphatic carbocycles. The van der Waals surface area contributed by atoms with Crippen LogP contribution < -0.4 is 0 Å². The zero-order chi connectivity index (χ0) is 14.2. The molecule has 0 heterocycles. The Kier molecular flexibility index (Phi) is 4.26. The molecule has 0 N–H and O–H groups in total. The third-order valence-electron chi connectivity index (χ3n) is 2.99. The van der Waals surface area contributed by atoms with Crippen LogP contribution in [0.2, 0.25) is 5.02 Å². The van der Waals surface area contributed by atoms with Crippen molar-refractivity contribution in [3.8, 4) is 0 Å². The fraction of sp³-hybridized carbons (Fsp3) is 0.200. The molecule has 0 saturated heterocycles. The molecule has 100 valence electrons. The summed E-state index contributed by atoms with van der Waals surface area (Å²) in [6, 6.07) is 8.17. The van der Waals surface area contributed by atoms with Gasteiger partial charge in [0.2, 0.25) is 0 Å². The van der Waals surface area contributed by atoms with Gasteiger partial charge in [-0.3, -0.25) is 0 Å². The largest absolute Gasteiger partial charge is 0.206 e. The highest BCUT2D eigenvalue weighted by Crippen LogP contribution is 2.34. The van der Waals surface area contributed by atoms with Crippen molar-refractivity contribution < 1.29 is 8.78 Å². The number of benzene rings is 2. The molecule has 0 amide bonds. The Hall–Kier alpha value is -0.930. The fourth-order valence-electron chi connectivity index (χ4n) is 1.99. The van der Waals surface area contributed by atoms with Crippen LogP contribution >= 0.6 is 27.5 Å². The first kappa shape index (κ1) is 14.5. The van der Waals surface area contributed by atoms with Crippen LogP contribution in [0.1, 0.15) is 27.1 Å². The van der Waals surface area contributed by atoms with Crippen molar-refractivity contribution in [1.29, 1.82) is 0 Å². The first-order chi connectivity index (χ1) is 8.90. The lowest BCUT2D eigenvalue weighted by Crippen LogP contribution is -1.98. The summed E-state index contributed by atoms with van der Waals surface area (Å²) < 4.78 is 27.1. The van der Waals surface area contributed by atoms with Crippen LogP contribution in [0.4, 0.5) is 8.78 Å². The third-order valence-corrected chi connectivity index (χ3v) is 4.35. The summed E-state index contributed by atoms with van der Waals surface area (Å²) in [6.45, 7) is 3.43. The summed E-state index contributed by atoms with van der Waals surface area (Å²) >= 11 is 9.18. The molecular weight excluding hydrogens is 334 g/mol. The highest BCUT2D eigenvalue weighted by Gasteiger charge is 2.15. The van der Waals surface area contributed by atoms with Gasteiger partial charge in [0.05, 0.1) is 9.85 Å². The second kappa shape index (κ2) is 5.59. The predicted octanol–water partition coefficient (Wildman–Crippen LogP) is 5.72. The molecule has 2 aromatic carbocycles. The molecule has 0 saturated carbocycles. The van der Waals surface area contributed by atoms with E-state index in [4.69, 9.17) is 11.6 Å². The van der Waals surface area contributed by atoms with Crippen molar-refractivity contribution in [2.75, 3.05) is 0 Å². The average molecular weight is 346 g/mol. The lowest BCUT2D eigenvalue weighted by Gasteiger charge is -2.14. The van der Waals surface area contributed by atoms with E-state index in [1.165, 1.54) is 12.1 Å². The highest BCUT2D eigenvalue weighted by atomic mass is 79.9. The Bertz CT molecular complexity index is 603. The summed E-state index contributed by atoms with van der Waals surface area (Å²) in [4.78, 5) is -0.197. The molecule has 4 heteroatoms. The topological polar surface area (TPSA) is 0 Å². The highest BCUT2D eigenvalue weighted by molar-refractivity contribution is 9.09. The molecule has 0 radical (unpaired) electrons. The number of hydrogen-bond donors (Lipinski definition) is 0. The van der Waals surface area contributed by atoms with Gasteiger partial charge < -0.3 is 0 Å². The minimum Gasteiger partial charge on any atom is -0.206 e. The summed E-state index contributed by atoms with van der Waals surface area (Å²) in [6.07, 6.45) is 0. The zero-order valence-corrected chi connectivity index (χ0v) is 12.8. The quantitative estimate of drug-likeness (QED) is 0.611. The SMILES string of the molecule is Cc1cc(C(Br)c2ccc(Cl)c(F)c2)cc(C)c1F. The van der Waals surface area contributed by atoms with Gasteiger partial charge in [0.15, 0.2) is 0 Å². The lowest BCUT2D eigenvalue weighted by atomic mass is 10.00. The number of hydrogen-bond acceptors (Lipinski definition) is 0. The molecule has 0 aliphatic rings. The predicted molar refractivity (Wildman–Crippen MR) is 78.1 cm³/mol. The van der Waals surface area contributed by atoms with E-state index in [0.29, 0.717) is 11.1 Å². The smallest absolute Gasteiger partial charge is 0.142 e. The Morgan fingerprint density at radius 2 is 1.58 bits per heavy atom. The van der Waals surface area contributed by atoms with Crippen LogP contribution in [0.15, 0.2) is 30.3 Å². The van der Waals surface area contributed by atoms with Gasteiger partial charge >= 0.3 is 0 Å². The Balaban J connectivity index is 2.43. The fourth-order valence-corrected chi connectivity index (χ4v) is 2.65. The third kappa shape index (κ3) is 2.98. The molecule has 1 unspecified atom stereocenters. The van der Waals surface area contributed by atoms with Gasteiger partial charge in [0.1, 0.15) is 11.6 Å². The van der Waals surface area contributed by atoms with Gasteiger partial charge in [-0.1, -0.05) is 45.7 Å². The molecule has 0 aromatic heterocycles. The number of halogens is 4. The van der Waals surface area contributed by atoms with E-state index in [1.54, 1.807) is 32.0 Å². The van der Waals surface area contributed by atoms with Gasteiger partial charge in [0.25, 0.3) is 0 Å². The maximum atomic E-state index is 13.6. The summed E-state index contributed by atoms with van der Waals surface area (Å²) in [5, 5.41) is 0.0925. The van der Waals surface area contributed by atoms with Crippen LogP contribution in [-0.4, -0.2) is 0 Å². The molecule has 19 heavy (non-hydrogen) atoms. The number of alkyl halides is 1. The van der Waals surface area contributed by atoms with Crippen molar-refractivity contribution in [2.24, 2.45) is 0 Å². The molecule has 0 nitrogen and oxygen atoms in total. The Labute approximate surface area is 124 Å². The van der Waals surface area contributed by atoms with Crippen molar-refractivity contribution in [3.05, 3.63) is 69.2 Å². The van der Waals surface area contributed by atoms with Crippen LogP contribution in [0.3, 0.4) is 0 Å². The summed E-state index contributed by atoms with van der Waals surface area (Å²) in [5.41, 5.74) is 2.79. The van der Waals surface area contributed by atoms with E-state index < -0.39 is 5.82 Å². The van der Waals surface area contributed by atoms with Crippen molar-refractivity contribution >= 4 is 27.5 Å². The molecule has 2 aromatic rings. The van der Waals surface area contributed by atoms with Crippen molar-refractivity contribution in [2.45, 2.75) is 18.7 Å².